The first kappa shape index (κ1) is 105. The molecule has 0 aromatic heterocycles. The molecule has 0 spiro atoms. The first-order valence-corrected chi connectivity index (χ1v) is 41.5. The number of benzene rings is 4. The molecule has 4 aromatic carbocycles. The van der Waals surface area contributed by atoms with E-state index in [1.165, 1.54) is 103 Å². The lowest BCUT2D eigenvalue weighted by Gasteiger charge is -2.54. The molecule has 134 heavy (non-hydrogen) atoms. The summed E-state index contributed by atoms with van der Waals surface area (Å²) in [5, 5.41) is 16.7. The summed E-state index contributed by atoms with van der Waals surface area (Å²) >= 11 is 0. The second-order valence-corrected chi connectivity index (χ2v) is 30.6. The molecular weight excluding hydrogens is 1790 g/mol. The van der Waals surface area contributed by atoms with Crippen molar-refractivity contribution in [3.8, 4) is 0 Å². The smallest absolute Gasteiger partial charge is 0.366 e. The molecular formula is C88H102N2O44. The third-order valence-corrected chi connectivity index (χ3v) is 20.2. The number of hydrogen-bond acceptors (Lipinski definition) is 44. The standard InChI is InChI=1S/C88H102N2O44/c1-41(91)89-64-58(116-46(6)96)35-88(87(109)110-14,133-72(64)67(119-49(9)99)59(117-47(7)97)36-111-43(3)93)134-75-70(61(38-113-45(5)95)126-86(78(75)123-53(13)103)131-69-60(37-112-44(4)94)124-83(108)76(122-52(12)102)73(69)120-50(10)100)130-84-65(90-42(2)92)71(66(118-48(8)98)62(125-84)39-114-79(104)54-27-19-15-20-28-54)132-85-77(129-82(107)57-33-25-18-26-34-57)74(121-51(11)101)68(128-81(106)56-31-23-17-24-32-56)63(127-85)40-115-80(105)55-29-21-16-22-30-55/h15-34,58-78,83-86,108H,35-40H2,1-14H3,(H,89,91)(H,90,92)/t58-,59+,60+,61+,62+,63+,64+,65+,66-,67+,68-,69+,70-,71+,72+,73-,74-,75-,76+,77+,78+,83?,84-,85-,86-,88-/m0/s1. The predicted molar refractivity (Wildman–Crippen MR) is 435 cm³/mol. The fourth-order valence-electron chi connectivity index (χ4n) is 15.1. The van der Waals surface area contributed by atoms with E-state index in [0.717, 1.165) is 97.1 Å². The van der Waals surface area contributed by atoms with E-state index >= 15 is 4.79 Å². The lowest BCUT2D eigenvalue weighted by molar-refractivity contribution is -0.402. The van der Waals surface area contributed by atoms with Crippen LogP contribution in [0.1, 0.15) is 138 Å². The van der Waals surface area contributed by atoms with Gasteiger partial charge in [0.1, 0.15) is 100 Å². The minimum atomic E-state index is -3.57. The van der Waals surface area contributed by atoms with Crippen LogP contribution in [-0.4, -0.2) is 312 Å². The lowest BCUT2D eigenvalue weighted by Crippen LogP contribution is -2.73. The number of carbonyl (C=O) groups excluding carboxylic acids is 18. The number of methoxy groups -OCH3 is 1. The molecule has 1 unspecified atom stereocenters. The van der Waals surface area contributed by atoms with Crippen molar-refractivity contribution < 1.29 is 210 Å². The van der Waals surface area contributed by atoms with Crippen LogP contribution in [0, 0.1) is 0 Å². The fourth-order valence-corrected chi connectivity index (χ4v) is 15.1. The minimum Gasteiger partial charge on any atom is -0.465 e. The van der Waals surface area contributed by atoms with Crippen molar-refractivity contribution in [3.63, 3.8) is 0 Å². The number of carbonyl (C=O) groups is 18. The van der Waals surface area contributed by atoms with Crippen molar-refractivity contribution in [1.82, 2.24) is 10.6 Å². The van der Waals surface area contributed by atoms with Gasteiger partial charge in [0.05, 0.1) is 41.8 Å². The number of amides is 2. The van der Waals surface area contributed by atoms with Crippen molar-refractivity contribution in [1.29, 1.82) is 0 Å². The van der Waals surface area contributed by atoms with Gasteiger partial charge in [0.2, 0.25) is 11.8 Å². The summed E-state index contributed by atoms with van der Waals surface area (Å²) in [6.45, 7) is 5.84. The van der Waals surface area contributed by atoms with Gasteiger partial charge >= 0.3 is 95.5 Å². The van der Waals surface area contributed by atoms with E-state index in [-0.39, 0.29) is 22.3 Å². The maximum atomic E-state index is 15.9. The van der Waals surface area contributed by atoms with Gasteiger partial charge in [0.15, 0.2) is 80.1 Å². The third-order valence-electron chi connectivity index (χ3n) is 20.2. The Kier molecular flexibility index (Phi) is 37.9. The van der Waals surface area contributed by atoms with Crippen molar-refractivity contribution in [2.75, 3.05) is 40.1 Å². The van der Waals surface area contributed by atoms with Gasteiger partial charge in [-0.1, -0.05) is 72.8 Å². The summed E-state index contributed by atoms with van der Waals surface area (Å²) in [6, 6.07) is 24.2. The Morgan fingerprint density at radius 2 is 0.701 bits per heavy atom. The van der Waals surface area contributed by atoms with Gasteiger partial charge in [-0.2, -0.15) is 0 Å². The lowest BCUT2D eigenvalue weighted by atomic mass is 9.87. The Bertz CT molecular complexity index is 4830. The molecule has 4 aromatic rings. The average molecular weight is 1890 g/mol. The monoisotopic (exact) mass is 1890 g/mol. The van der Waals surface area contributed by atoms with Gasteiger partial charge in [0, 0.05) is 90.0 Å². The van der Waals surface area contributed by atoms with Gasteiger partial charge in [-0.05, 0) is 48.5 Å². The molecule has 3 N–H and O–H groups in total. The molecule has 2 amide bonds. The Balaban J connectivity index is 1.37. The molecule has 0 saturated carbocycles. The van der Waals surface area contributed by atoms with E-state index < -0.39 is 306 Å². The van der Waals surface area contributed by atoms with Gasteiger partial charge < -0.3 is 134 Å². The normalized spacial score (nSPS) is 28.5. The van der Waals surface area contributed by atoms with E-state index in [4.69, 9.17) is 118 Å². The minimum absolute atomic E-state index is 0.0529. The molecule has 0 radical (unpaired) electrons. The number of nitrogens with one attached hydrogen (secondary N) is 2. The van der Waals surface area contributed by atoms with Gasteiger partial charge in [-0.15, -0.1) is 0 Å². The van der Waals surface area contributed by atoms with Crippen LogP contribution in [0.15, 0.2) is 121 Å². The highest BCUT2D eigenvalue weighted by Crippen LogP contribution is 2.45. The average Bonchev–Trinajstić information content (AvgIpc) is 0.740. The summed E-state index contributed by atoms with van der Waals surface area (Å²) < 4.78 is 154. The zero-order valence-electron chi connectivity index (χ0n) is 74.7. The number of esters is 16. The highest BCUT2D eigenvalue weighted by Gasteiger charge is 2.66. The van der Waals surface area contributed by atoms with Crippen molar-refractivity contribution in [2.45, 2.75) is 255 Å². The molecule has 46 heteroatoms. The van der Waals surface area contributed by atoms with Gasteiger partial charge in [-0.3, -0.25) is 62.3 Å². The van der Waals surface area contributed by atoms with Crippen LogP contribution in [-0.2, 0) is 186 Å². The van der Waals surface area contributed by atoms with Crippen LogP contribution in [0.25, 0.3) is 0 Å². The molecule has 0 bridgehead atoms. The van der Waals surface area contributed by atoms with Gasteiger partial charge in [-0.25, -0.2) is 24.0 Å². The molecule has 728 valence electrons. The molecule has 0 aliphatic carbocycles. The maximum absolute atomic E-state index is 15.9. The van der Waals surface area contributed by atoms with Crippen LogP contribution in [0.4, 0.5) is 0 Å². The zero-order valence-corrected chi connectivity index (χ0v) is 74.7. The van der Waals surface area contributed by atoms with Crippen LogP contribution < -0.4 is 10.6 Å². The SMILES string of the molecule is COC(=O)[C@@]1(O[C@H]2[C@@H](O[C@@H]3O[C@H](COC(=O)c4ccccc4)[C@H](OC(C)=O)[C@H](O[C@@H]4O[C@H](COC(=O)c5ccccc5)[C@H](OC(=O)c5ccccc5)[C@H](OC(C)=O)[C@H]4OC(=O)c4ccccc4)[C@H]3NC(C)=O)[C@@H](COC(C)=O)O[C@@H](O[C@H]3[C@H](OC(C)=O)[C@@H](OC(C)=O)C(O)O[C@@H]3COC(C)=O)[C@@H]2OC(C)=O)C[C@H](OC(C)=O)[C@@H](NC(C)=O)[C@H]([C@H](OC(C)=O)[C@@H](COC(C)=O)OC(C)=O)O1. The van der Waals surface area contributed by atoms with Crippen LogP contribution in [0.2, 0.25) is 0 Å². The highest BCUT2D eigenvalue weighted by atomic mass is 16.8. The molecule has 5 aliphatic heterocycles. The first-order valence-electron chi connectivity index (χ1n) is 41.5. The topological polar surface area (TPSA) is 582 Å². The van der Waals surface area contributed by atoms with E-state index in [9.17, 15) is 86.6 Å². The molecule has 5 aliphatic rings. The molecule has 5 fully saturated rings. The van der Waals surface area contributed by atoms with E-state index in [1.807, 2.05) is 0 Å². The molecule has 9 rings (SSSR count). The second-order valence-electron chi connectivity index (χ2n) is 30.6. The fraction of sp³-hybridized carbons (Fsp3) is 0.523. The summed E-state index contributed by atoms with van der Waals surface area (Å²) in [5.74, 6) is -25.2. The maximum Gasteiger partial charge on any atom is 0.366 e. The second kappa shape index (κ2) is 48.6. The Hall–Kier alpha value is -13.1. The van der Waals surface area contributed by atoms with Crippen molar-refractivity contribution in [2.24, 2.45) is 0 Å². The number of rotatable bonds is 37. The van der Waals surface area contributed by atoms with Crippen LogP contribution in [0.3, 0.4) is 0 Å². The number of aliphatic hydroxyl groups is 1. The Labute approximate surface area is 764 Å². The summed E-state index contributed by atoms with van der Waals surface area (Å²) in [6.07, 6.45) is -54.5. The molecule has 46 nitrogen and oxygen atoms in total. The Morgan fingerprint density at radius 1 is 0.351 bits per heavy atom. The van der Waals surface area contributed by atoms with Crippen molar-refractivity contribution in [3.05, 3.63) is 144 Å². The van der Waals surface area contributed by atoms with Crippen LogP contribution >= 0.6 is 0 Å². The summed E-state index contributed by atoms with van der Waals surface area (Å²) in [7, 11) is 0.720. The Morgan fingerprint density at radius 3 is 1.13 bits per heavy atom. The largest absolute Gasteiger partial charge is 0.465 e. The predicted octanol–water partition coefficient (Wildman–Crippen LogP) is 1.39. The van der Waals surface area contributed by atoms with Crippen LogP contribution in [0.5, 0.6) is 0 Å². The molecule has 5 heterocycles. The number of aliphatic hydroxyl groups excluding tert-OH is 1. The molecule has 26 atom stereocenters. The molecule has 5 saturated heterocycles. The quantitative estimate of drug-likeness (QED) is 0.0424. The highest BCUT2D eigenvalue weighted by molar-refractivity contribution is 5.91. The first-order chi connectivity index (χ1) is 63.5. The number of ether oxygens (including phenoxy) is 25. The van der Waals surface area contributed by atoms with Crippen molar-refractivity contribution >= 4 is 107 Å². The third kappa shape index (κ3) is 29.0. The van der Waals surface area contributed by atoms with E-state index in [1.54, 1.807) is 18.2 Å². The summed E-state index contributed by atoms with van der Waals surface area (Å²) in [5.41, 5.74) is -0.535. The summed E-state index contributed by atoms with van der Waals surface area (Å²) in [4.78, 5) is 251. The zero-order chi connectivity index (χ0) is 98.1. The van der Waals surface area contributed by atoms with E-state index in [0.29, 0.717) is 0 Å². The number of hydrogen-bond donors (Lipinski definition) is 3. The van der Waals surface area contributed by atoms with Gasteiger partial charge in [0.25, 0.3) is 5.79 Å². The van der Waals surface area contributed by atoms with E-state index in [2.05, 4.69) is 10.6 Å².